The van der Waals surface area contributed by atoms with Crippen LogP contribution in [0.5, 0.6) is 0 Å². The van der Waals surface area contributed by atoms with Gasteiger partial charge in [-0.15, -0.1) is 0 Å². The van der Waals surface area contributed by atoms with Crippen molar-refractivity contribution in [3.8, 4) is 0 Å². The fraction of sp³-hybridized carbons (Fsp3) is 0.500. The molecule has 2 aliphatic rings. The summed E-state index contributed by atoms with van der Waals surface area (Å²) < 4.78 is 0. The lowest BCUT2D eigenvalue weighted by atomic mass is 10.1. The van der Waals surface area contributed by atoms with E-state index in [1.54, 1.807) is 0 Å². The molecule has 1 atom stereocenters. The van der Waals surface area contributed by atoms with Gasteiger partial charge in [0.2, 0.25) is 0 Å². The van der Waals surface area contributed by atoms with Crippen LogP contribution in [0.3, 0.4) is 0 Å². The minimum atomic E-state index is 0.574. The van der Waals surface area contributed by atoms with E-state index in [4.69, 9.17) is 0 Å². The first-order valence-corrected chi connectivity index (χ1v) is 6.18. The molecule has 0 saturated carbocycles. The Bertz CT molecular complexity index is 367. The first-order chi connectivity index (χ1) is 7.84. The van der Waals surface area contributed by atoms with Gasteiger partial charge in [0.25, 0.3) is 0 Å². The van der Waals surface area contributed by atoms with Gasteiger partial charge in [0.15, 0.2) is 0 Å². The molecule has 1 saturated heterocycles. The normalized spacial score (nSPS) is 26.9. The highest BCUT2D eigenvalue weighted by Crippen LogP contribution is 2.34. The number of hydrogen-bond acceptors (Lipinski definition) is 2. The van der Waals surface area contributed by atoms with Gasteiger partial charge in [-0.25, -0.2) is 0 Å². The zero-order valence-electron chi connectivity index (χ0n) is 9.89. The molecule has 2 nitrogen and oxygen atoms in total. The van der Waals surface area contributed by atoms with Crippen LogP contribution < -0.4 is 0 Å². The second-order valence-corrected chi connectivity index (χ2v) is 4.92. The van der Waals surface area contributed by atoms with Crippen molar-refractivity contribution in [3.05, 3.63) is 41.8 Å². The van der Waals surface area contributed by atoms with Gasteiger partial charge in [-0.2, -0.15) is 0 Å². The molecule has 1 radical (unpaired) electrons. The maximum absolute atomic E-state index is 2.62. The Morgan fingerprint density at radius 3 is 2.62 bits per heavy atom. The lowest BCUT2D eigenvalue weighted by molar-refractivity contribution is 0.126. The monoisotopic (exact) mass is 215 g/mol. The molecule has 1 unspecified atom stereocenters. The van der Waals surface area contributed by atoms with E-state index in [0.29, 0.717) is 6.04 Å². The molecule has 16 heavy (non-hydrogen) atoms. The Kier molecular flexibility index (Phi) is 2.70. The Morgan fingerprint density at radius 2 is 1.81 bits per heavy atom. The molecular weight excluding hydrogens is 196 g/mol. The molecule has 0 aromatic heterocycles. The van der Waals surface area contributed by atoms with Crippen LogP contribution in [0.25, 0.3) is 0 Å². The van der Waals surface area contributed by atoms with Crippen molar-refractivity contribution < 1.29 is 0 Å². The summed E-state index contributed by atoms with van der Waals surface area (Å²) in [4.78, 5) is 5.03. The van der Waals surface area contributed by atoms with Crippen molar-refractivity contribution >= 4 is 0 Å². The molecule has 1 aromatic carbocycles. The van der Waals surface area contributed by atoms with Crippen LogP contribution >= 0.6 is 0 Å². The van der Waals surface area contributed by atoms with Gasteiger partial charge >= 0.3 is 0 Å². The molecular formula is C14H19N2. The van der Waals surface area contributed by atoms with Crippen LogP contribution in [-0.2, 0) is 6.42 Å². The summed E-state index contributed by atoms with van der Waals surface area (Å²) in [5, 5.41) is 0. The Balaban J connectivity index is 1.77. The van der Waals surface area contributed by atoms with Gasteiger partial charge in [0, 0.05) is 32.2 Å². The minimum Gasteiger partial charge on any atom is -0.304 e. The maximum atomic E-state index is 2.62. The van der Waals surface area contributed by atoms with E-state index < -0.39 is 0 Å². The fourth-order valence-corrected chi connectivity index (χ4v) is 2.82. The molecule has 1 heterocycles. The highest BCUT2D eigenvalue weighted by atomic mass is 15.3. The fourth-order valence-electron chi connectivity index (χ4n) is 2.82. The Labute approximate surface area is 97.9 Å². The van der Waals surface area contributed by atoms with Crippen LogP contribution in [0.2, 0.25) is 0 Å². The third-order valence-corrected chi connectivity index (χ3v) is 3.87. The van der Waals surface area contributed by atoms with E-state index in [9.17, 15) is 0 Å². The molecule has 0 spiro atoms. The van der Waals surface area contributed by atoms with Gasteiger partial charge in [-0.3, -0.25) is 4.90 Å². The third kappa shape index (κ3) is 1.76. The quantitative estimate of drug-likeness (QED) is 0.704. The number of piperazine rings is 1. The number of rotatable bonds is 1. The minimum absolute atomic E-state index is 0.574. The third-order valence-electron chi connectivity index (χ3n) is 3.87. The van der Waals surface area contributed by atoms with Gasteiger partial charge in [0.1, 0.15) is 0 Å². The smallest absolute Gasteiger partial charge is 0.0386 e. The van der Waals surface area contributed by atoms with Crippen LogP contribution in [0, 0.1) is 6.42 Å². The van der Waals surface area contributed by atoms with E-state index >= 15 is 0 Å². The Morgan fingerprint density at radius 1 is 1.06 bits per heavy atom. The topological polar surface area (TPSA) is 6.48 Å². The number of nitrogens with zero attached hydrogens (tertiary/aromatic N) is 2. The van der Waals surface area contributed by atoms with E-state index in [0.717, 1.165) is 6.42 Å². The summed E-state index contributed by atoms with van der Waals surface area (Å²) in [5.74, 6) is 0. The first kappa shape index (κ1) is 10.3. The van der Waals surface area contributed by atoms with Crippen LogP contribution in [0.4, 0.5) is 0 Å². The van der Waals surface area contributed by atoms with Crippen molar-refractivity contribution in [1.29, 1.82) is 0 Å². The maximum Gasteiger partial charge on any atom is 0.0386 e. The molecule has 2 heteroatoms. The summed E-state index contributed by atoms with van der Waals surface area (Å²) in [6, 6.07) is 9.45. The number of fused-ring (bicyclic) bond motifs is 1. The SMILES string of the molecule is CN1CCN(C2[CH]Cc3ccccc32)CC1. The van der Waals surface area contributed by atoms with E-state index in [1.807, 2.05) is 0 Å². The molecule has 1 aromatic rings. The zero-order chi connectivity index (χ0) is 11.0. The second-order valence-electron chi connectivity index (χ2n) is 4.92. The summed E-state index contributed by atoms with van der Waals surface area (Å²) in [7, 11) is 2.21. The number of likely N-dealkylation sites (N-methyl/N-ethyl adjacent to an activating group) is 1. The van der Waals surface area contributed by atoms with E-state index in [1.165, 1.54) is 37.3 Å². The lowest BCUT2D eigenvalue weighted by Gasteiger charge is -2.36. The van der Waals surface area contributed by atoms with Crippen LogP contribution in [-0.4, -0.2) is 43.0 Å². The summed E-state index contributed by atoms with van der Waals surface area (Å²) >= 11 is 0. The predicted molar refractivity (Wildman–Crippen MR) is 66.3 cm³/mol. The van der Waals surface area contributed by atoms with Crippen LogP contribution in [0.1, 0.15) is 17.2 Å². The molecule has 85 valence electrons. The molecule has 0 N–H and O–H groups in total. The van der Waals surface area contributed by atoms with Crippen molar-refractivity contribution in [2.75, 3.05) is 33.2 Å². The molecule has 0 bridgehead atoms. The van der Waals surface area contributed by atoms with E-state index in [-0.39, 0.29) is 0 Å². The number of hydrogen-bond donors (Lipinski definition) is 0. The van der Waals surface area contributed by atoms with Gasteiger partial charge in [-0.05, 0) is 31.0 Å². The summed E-state index contributed by atoms with van der Waals surface area (Å²) in [6.07, 6.45) is 3.61. The number of benzene rings is 1. The molecule has 3 rings (SSSR count). The zero-order valence-corrected chi connectivity index (χ0v) is 9.89. The van der Waals surface area contributed by atoms with E-state index in [2.05, 4.69) is 47.5 Å². The Hall–Kier alpha value is -0.860. The van der Waals surface area contributed by atoms with Crippen molar-refractivity contribution in [1.82, 2.24) is 9.80 Å². The largest absolute Gasteiger partial charge is 0.304 e. The van der Waals surface area contributed by atoms with Crippen molar-refractivity contribution in [3.63, 3.8) is 0 Å². The average molecular weight is 215 g/mol. The molecule has 1 aliphatic heterocycles. The lowest BCUT2D eigenvalue weighted by Crippen LogP contribution is -2.45. The average Bonchev–Trinajstić information content (AvgIpc) is 2.74. The van der Waals surface area contributed by atoms with Crippen molar-refractivity contribution in [2.45, 2.75) is 12.5 Å². The van der Waals surface area contributed by atoms with Gasteiger partial charge in [-0.1, -0.05) is 24.3 Å². The van der Waals surface area contributed by atoms with Gasteiger partial charge in [0.05, 0.1) is 0 Å². The standard InChI is InChI=1S/C14H19N2/c1-15-8-10-16(11-9-15)14-7-6-12-4-2-3-5-13(12)14/h2-5,7,14H,6,8-11H2,1H3. The van der Waals surface area contributed by atoms with Gasteiger partial charge < -0.3 is 4.90 Å². The highest BCUT2D eigenvalue weighted by Gasteiger charge is 2.29. The molecule has 0 amide bonds. The summed E-state index contributed by atoms with van der Waals surface area (Å²) in [5.41, 5.74) is 3.05. The van der Waals surface area contributed by atoms with Crippen molar-refractivity contribution in [2.24, 2.45) is 0 Å². The second kappa shape index (κ2) is 4.19. The molecule has 1 fully saturated rings. The summed E-state index contributed by atoms with van der Waals surface area (Å²) in [6.45, 7) is 4.80. The van der Waals surface area contributed by atoms with Crippen LogP contribution in [0.15, 0.2) is 24.3 Å². The molecule has 1 aliphatic carbocycles. The highest BCUT2D eigenvalue weighted by molar-refractivity contribution is 5.38. The first-order valence-electron chi connectivity index (χ1n) is 6.18. The predicted octanol–water partition coefficient (Wildman–Crippen LogP) is 1.74.